The zero-order valence-corrected chi connectivity index (χ0v) is 17.6. The third-order valence-corrected chi connectivity index (χ3v) is 6.98. The number of esters is 1. The quantitative estimate of drug-likeness (QED) is 0.510. The van der Waals surface area contributed by atoms with Crippen LogP contribution in [0.15, 0.2) is 18.2 Å². The summed E-state index contributed by atoms with van der Waals surface area (Å²) in [6, 6.07) is 4.57. The fourth-order valence-corrected chi connectivity index (χ4v) is 5.45. The van der Waals surface area contributed by atoms with E-state index < -0.39 is 23.5 Å². The molecule has 10 nitrogen and oxygen atoms in total. The van der Waals surface area contributed by atoms with Crippen molar-refractivity contribution in [1.29, 1.82) is 0 Å². The fraction of sp³-hybridized carbons (Fsp3) is 0.500. The monoisotopic (exact) mass is 441 g/mol. The highest BCUT2D eigenvalue weighted by Gasteiger charge is 2.73. The van der Waals surface area contributed by atoms with Gasteiger partial charge in [0.15, 0.2) is 0 Å². The van der Waals surface area contributed by atoms with Crippen molar-refractivity contribution in [1.82, 2.24) is 15.5 Å². The largest absolute Gasteiger partial charge is 0.469 e. The summed E-state index contributed by atoms with van der Waals surface area (Å²) in [5.74, 6) is -1.29. The molecule has 168 valence electrons. The molecule has 1 aromatic rings. The number of ether oxygens (including phenoxy) is 2. The van der Waals surface area contributed by atoms with Crippen molar-refractivity contribution in [3.8, 4) is 0 Å². The van der Waals surface area contributed by atoms with Gasteiger partial charge in [-0.05, 0) is 42.9 Å². The van der Waals surface area contributed by atoms with E-state index in [2.05, 4.69) is 10.6 Å². The van der Waals surface area contributed by atoms with Crippen molar-refractivity contribution < 1.29 is 33.4 Å². The number of hydrogen-bond donors (Lipinski definition) is 2. The third kappa shape index (κ3) is 3.12. The van der Waals surface area contributed by atoms with Crippen LogP contribution in [0, 0.1) is 5.41 Å². The number of amides is 4. The van der Waals surface area contributed by atoms with Crippen molar-refractivity contribution in [2.75, 3.05) is 7.11 Å². The predicted octanol–water partition coefficient (Wildman–Crippen LogP) is 0.769. The van der Waals surface area contributed by atoms with Gasteiger partial charge in [0.2, 0.25) is 11.8 Å². The van der Waals surface area contributed by atoms with E-state index in [0.29, 0.717) is 43.4 Å². The lowest BCUT2D eigenvalue weighted by atomic mass is 9.39. The number of piperidine rings is 1. The first kappa shape index (κ1) is 20.5. The normalized spacial score (nSPS) is 30.0. The Morgan fingerprint density at radius 1 is 1.22 bits per heavy atom. The van der Waals surface area contributed by atoms with E-state index in [-0.39, 0.29) is 36.4 Å². The van der Waals surface area contributed by atoms with Crippen LogP contribution in [0.2, 0.25) is 0 Å². The second-order valence-corrected chi connectivity index (χ2v) is 9.18. The van der Waals surface area contributed by atoms with Crippen LogP contribution in [-0.4, -0.2) is 53.4 Å². The van der Waals surface area contributed by atoms with Gasteiger partial charge in [0.25, 0.3) is 5.91 Å². The minimum Gasteiger partial charge on any atom is -0.469 e. The lowest BCUT2D eigenvalue weighted by molar-refractivity contribution is -0.200. The van der Waals surface area contributed by atoms with Crippen molar-refractivity contribution in [2.24, 2.45) is 5.41 Å². The molecule has 0 aromatic heterocycles. The number of nitrogens with one attached hydrogen (secondary N) is 2. The number of alkyl carbamates (subject to hydrolysis) is 1. The van der Waals surface area contributed by atoms with Crippen molar-refractivity contribution in [2.45, 2.75) is 56.8 Å². The summed E-state index contributed by atoms with van der Waals surface area (Å²) < 4.78 is 10.1. The Hall–Kier alpha value is -3.43. The van der Waals surface area contributed by atoms with Gasteiger partial charge in [-0.1, -0.05) is 12.1 Å². The SMILES string of the molecule is COC(=O)C12CC(NC(=O)OCc3ccc4c(c3)C(=O)N(C3CCC(=O)NC3=O)C4)(C1)C2. The lowest BCUT2D eigenvalue weighted by Crippen LogP contribution is -2.77. The predicted molar refractivity (Wildman–Crippen MR) is 107 cm³/mol. The van der Waals surface area contributed by atoms with Gasteiger partial charge >= 0.3 is 12.1 Å². The molecular formula is C22H23N3O7. The summed E-state index contributed by atoms with van der Waals surface area (Å²) in [5.41, 5.74) is 1.07. The van der Waals surface area contributed by atoms with Crippen LogP contribution in [0.4, 0.5) is 4.79 Å². The number of carbonyl (C=O) groups is 5. The minimum atomic E-state index is -0.667. The highest BCUT2D eigenvalue weighted by atomic mass is 16.5. The van der Waals surface area contributed by atoms with Gasteiger partial charge in [0, 0.05) is 24.1 Å². The second-order valence-electron chi connectivity index (χ2n) is 9.18. The van der Waals surface area contributed by atoms with Crippen LogP contribution >= 0.6 is 0 Å². The van der Waals surface area contributed by atoms with Crippen LogP contribution in [-0.2, 0) is 37.0 Å². The molecule has 1 aromatic carbocycles. The number of imide groups is 1. The molecule has 2 bridgehead atoms. The molecule has 6 rings (SSSR count). The highest BCUT2D eigenvalue weighted by molar-refractivity contribution is 6.05. The molecule has 0 radical (unpaired) electrons. The zero-order valence-electron chi connectivity index (χ0n) is 17.6. The Kier molecular flexibility index (Phi) is 4.51. The number of carbonyl (C=O) groups excluding carboxylic acids is 5. The average molecular weight is 441 g/mol. The summed E-state index contributed by atoms with van der Waals surface area (Å²) in [4.78, 5) is 61.8. The Labute approximate surface area is 183 Å². The molecule has 1 atom stereocenters. The Morgan fingerprint density at radius 2 is 1.97 bits per heavy atom. The average Bonchev–Trinajstić information content (AvgIpc) is 3.03. The van der Waals surface area contributed by atoms with E-state index in [1.165, 1.54) is 12.0 Å². The molecule has 4 amide bonds. The minimum absolute atomic E-state index is 0.0109. The van der Waals surface area contributed by atoms with Crippen LogP contribution in [0.25, 0.3) is 0 Å². The smallest absolute Gasteiger partial charge is 0.407 e. The first-order chi connectivity index (χ1) is 15.2. The molecule has 2 heterocycles. The third-order valence-electron chi connectivity index (χ3n) is 6.98. The molecule has 4 fully saturated rings. The topological polar surface area (TPSA) is 131 Å². The van der Waals surface area contributed by atoms with Crippen LogP contribution in [0.5, 0.6) is 0 Å². The van der Waals surface area contributed by atoms with E-state index in [1.807, 2.05) is 0 Å². The standard InChI is InChI=1S/C22H23N3O7/c1-31-19(29)21-9-22(10-21,11-21)24-20(30)32-8-12-2-3-13-7-25(18(28)14(13)6-12)15-4-5-16(26)23-17(15)27/h2-3,6,15H,4-5,7-11H2,1H3,(H,24,30)(H,23,26,27). The number of fused-ring (bicyclic) bond motifs is 1. The molecule has 32 heavy (non-hydrogen) atoms. The van der Waals surface area contributed by atoms with Crippen molar-refractivity contribution >= 4 is 29.8 Å². The van der Waals surface area contributed by atoms with Gasteiger partial charge in [-0.2, -0.15) is 0 Å². The second kappa shape index (κ2) is 7.04. The number of benzene rings is 1. The number of nitrogens with zero attached hydrogens (tertiary/aromatic N) is 1. The van der Waals surface area contributed by atoms with Gasteiger partial charge < -0.3 is 19.7 Å². The van der Waals surface area contributed by atoms with Crippen LogP contribution in [0.3, 0.4) is 0 Å². The van der Waals surface area contributed by atoms with Crippen molar-refractivity contribution in [3.05, 3.63) is 34.9 Å². The van der Waals surface area contributed by atoms with E-state index >= 15 is 0 Å². The van der Waals surface area contributed by atoms with Gasteiger partial charge in [0.1, 0.15) is 12.6 Å². The Morgan fingerprint density at radius 3 is 2.66 bits per heavy atom. The molecule has 2 aliphatic heterocycles. The van der Waals surface area contributed by atoms with Crippen LogP contribution < -0.4 is 10.6 Å². The summed E-state index contributed by atoms with van der Waals surface area (Å²) in [5, 5.41) is 5.12. The van der Waals surface area contributed by atoms with E-state index in [9.17, 15) is 24.0 Å². The first-order valence-corrected chi connectivity index (χ1v) is 10.5. The van der Waals surface area contributed by atoms with Gasteiger partial charge in [-0.15, -0.1) is 0 Å². The highest BCUT2D eigenvalue weighted by Crippen LogP contribution is 2.67. The molecule has 1 saturated heterocycles. The van der Waals surface area contributed by atoms with Gasteiger partial charge in [-0.25, -0.2) is 4.79 Å². The first-order valence-electron chi connectivity index (χ1n) is 10.5. The van der Waals surface area contributed by atoms with Gasteiger partial charge in [-0.3, -0.25) is 24.5 Å². The van der Waals surface area contributed by atoms with E-state index in [1.54, 1.807) is 18.2 Å². The Balaban J connectivity index is 1.16. The maximum absolute atomic E-state index is 12.9. The van der Waals surface area contributed by atoms with Crippen LogP contribution in [0.1, 0.15) is 53.6 Å². The number of methoxy groups -OCH3 is 1. The zero-order chi connectivity index (χ0) is 22.7. The molecular weight excluding hydrogens is 418 g/mol. The summed E-state index contributed by atoms with van der Waals surface area (Å²) in [7, 11) is 1.36. The fourth-order valence-electron chi connectivity index (χ4n) is 5.45. The molecule has 3 aliphatic carbocycles. The maximum atomic E-state index is 12.9. The van der Waals surface area contributed by atoms with Gasteiger partial charge in [0.05, 0.1) is 12.5 Å². The molecule has 0 spiro atoms. The Bertz CT molecular complexity index is 1050. The molecule has 2 N–H and O–H groups in total. The number of hydrogen-bond acceptors (Lipinski definition) is 7. The lowest BCUT2D eigenvalue weighted by Gasteiger charge is -2.67. The van der Waals surface area contributed by atoms with E-state index in [4.69, 9.17) is 9.47 Å². The maximum Gasteiger partial charge on any atom is 0.407 e. The van der Waals surface area contributed by atoms with E-state index in [0.717, 1.165) is 5.56 Å². The molecule has 10 heteroatoms. The summed E-state index contributed by atoms with van der Waals surface area (Å²) >= 11 is 0. The molecule has 1 unspecified atom stereocenters. The summed E-state index contributed by atoms with van der Waals surface area (Å²) in [6.07, 6.45) is 1.62. The number of rotatable bonds is 5. The molecule has 5 aliphatic rings. The summed E-state index contributed by atoms with van der Waals surface area (Å²) in [6.45, 7) is 0.287. The molecule has 3 saturated carbocycles. The van der Waals surface area contributed by atoms with Crippen molar-refractivity contribution in [3.63, 3.8) is 0 Å².